The predicted molar refractivity (Wildman–Crippen MR) is 69.2 cm³/mol. The molecule has 1 N–H and O–H groups in total. The van der Waals surface area contributed by atoms with Crippen LogP contribution >= 0.6 is 31.9 Å². The maximum Gasteiger partial charge on any atom is 0.135 e. The number of hydrogen-bond acceptors (Lipinski definition) is 4. The van der Waals surface area contributed by atoms with E-state index in [-0.39, 0.29) is 6.61 Å². The molecule has 0 saturated heterocycles. The summed E-state index contributed by atoms with van der Waals surface area (Å²) in [5, 5.41) is 16.7. The van der Waals surface area contributed by atoms with Crippen molar-refractivity contribution in [2.75, 3.05) is 7.11 Å². The zero-order valence-electron chi connectivity index (χ0n) is 8.89. The van der Waals surface area contributed by atoms with Crippen molar-refractivity contribution in [3.63, 3.8) is 0 Å². The molecule has 2 rings (SSSR count). The molecular weight excluding hydrogens is 354 g/mol. The van der Waals surface area contributed by atoms with E-state index in [2.05, 4.69) is 42.2 Å². The molecule has 0 aliphatic carbocycles. The first-order chi connectivity index (χ1) is 8.15. The van der Waals surface area contributed by atoms with E-state index >= 15 is 0 Å². The molecule has 0 spiro atoms. The van der Waals surface area contributed by atoms with Gasteiger partial charge in [-0.15, -0.1) is 5.10 Å². The quantitative estimate of drug-likeness (QED) is 0.910. The van der Waals surface area contributed by atoms with Crippen LogP contribution in [0.4, 0.5) is 0 Å². The van der Waals surface area contributed by atoms with Gasteiger partial charge in [-0.2, -0.15) is 0 Å². The summed E-state index contributed by atoms with van der Waals surface area (Å²) in [6.07, 6.45) is 1.66. The van der Waals surface area contributed by atoms with Crippen molar-refractivity contribution >= 4 is 31.9 Å². The SMILES string of the molecule is COc1cc(-n2cc(CO)nn2)c(Br)cc1Br. The summed E-state index contributed by atoms with van der Waals surface area (Å²) >= 11 is 6.83. The Hall–Kier alpha value is -0.920. The Balaban J connectivity index is 2.50. The Kier molecular flexibility index (Phi) is 3.80. The van der Waals surface area contributed by atoms with Crippen molar-refractivity contribution in [3.05, 3.63) is 33.0 Å². The minimum atomic E-state index is -0.134. The van der Waals surface area contributed by atoms with E-state index in [0.717, 1.165) is 14.6 Å². The van der Waals surface area contributed by atoms with Gasteiger partial charge in [0.25, 0.3) is 0 Å². The lowest BCUT2D eigenvalue weighted by atomic mass is 10.3. The number of benzene rings is 1. The third-order valence-electron chi connectivity index (χ3n) is 2.17. The van der Waals surface area contributed by atoms with E-state index in [1.807, 2.05) is 12.1 Å². The first-order valence-corrected chi connectivity index (χ1v) is 6.29. The number of aliphatic hydroxyl groups is 1. The van der Waals surface area contributed by atoms with Crippen molar-refractivity contribution in [2.24, 2.45) is 0 Å². The molecule has 0 bridgehead atoms. The van der Waals surface area contributed by atoms with Gasteiger partial charge in [0, 0.05) is 10.5 Å². The van der Waals surface area contributed by atoms with E-state index in [1.165, 1.54) is 0 Å². The van der Waals surface area contributed by atoms with Crippen LogP contribution in [0.15, 0.2) is 27.3 Å². The second-order valence-electron chi connectivity index (χ2n) is 3.25. The van der Waals surface area contributed by atoms with Crippen molar-refractivity contribution in [1.29, 1.82) is 0 Å². The first kappa shape index (κ1) is 12.5. The molecule has 1 aromatic heterocycles. The van der Waals surface area contributed by atoms with Crippen LogP contribution in [0.1, 0.15) is 5.69 Å². The van der Waals surface area contributed by atoms with E-state index in [1.54, 1.807) is 18.0 Å². The summed E-state index contributed by atoms with van der Waals surface area (Å²) in [6, 6.07) is 3.69. The monoisotopic (exact) mass is 361 g/mol. The maximum absolute atomic E-state index is 8.95. The summed E-state index contributed by atoms with van der Waals surface area (Å²) in [5.41, 5.74) is 1.30. The Morgan fingerprint density at radius 2 is 2.12 bits per heavy atom. The van der Waals surface area contributed by atoms with Crippen LogP contribution in [-0.2, 0) is 6.61 Å². The van der Waals surface area contributed by atoms with Crippen molar-refractivity contribution in [2.45, 2.75) is 6.61 Å². The number of aromatic nitrogens is 3. The van der Waals surface area contributed by atoms with Crippen molar-refractivity contribution < 1.29 is 9.84 Å². The van der Waals surface area contributed by atoms with Crippen LogP contribution in [0.5, 0.6) is 5.75 Å². The minimum absolute atomic E-state index is 0.134. The van der Waals surface area contributed by atoms with Crippen LogP contribution in [0, 0.1) is 0 Å². The lowest BCUT2D eigenvalue weighted by Crippen LogP contribution is -1.98. The largest absolute Gasteiger partial charge is 0.495 e. The van der Waals surface area contributed by atoms with Gasteiger partial charge in [-0.1, -0.05) is 5.21 Å². The van der Waals surface area contributed by atoms with Crippen LogP contribution in [0.25, 0.3) is 5.69 Å². The average Bonchev–Trinajstić information content (AvgIpc) is 2.78. The van der Waals surface area contributed by atoms with Crippen molar-refractivity contribution in [1.82, 2.24) is 15.0 Å². The van der Waals surface area contributed by atoms with E-state index < -0.39 is 0 Å². The van der Waals surface area contributed by atoms with Gasteiger partial charge in [-0.05, 0) is 37.9 Å². The Bertz CT molecular complexity index is 542. The maximum atomic E-state index is 8.95. The van der Waals surface area contributed by atoms with Crippen LogP contribution in [0.3, 0.4) is 0 Å². The molecule has 0 saturated carbocycles. The average molecular weight is 363 g/mol. The highest BCUT2D eigenvalue weighted by Gasteiger charge is 2.10. The topological polar surface area (TPSA) is 60.2 Å². The second kappa shape index (κ2) is 5.16. The molecule has 1 aromatic carbocycles. The van der Waals surface area contributed by atoms with E-state index in [4.69, 9.17) is 9.84 Å². The minimum Gasteiger partial charge on any atom is -0.495 e. The molecular formula is C10H9Br2N3O2. The Morgan fingerprint density at radius 3 is 2.71 bits per heavy atom. The zero-order chi connectivity index (χ0) is 12.4. The van der Waals surface area contributed by atoms with Gasteiger partial charge in [0.2, 0.25) is 0 Å². The van der Waals surface area contributed by atoms with Gasteiger partial charge < -0.3 is 9.84 Å². The van der Waals surface area contributed by atoms with Gasteiger partial charge >= 0.3 is 0 Å². The van der Waals surface area contributed by atoms with Gasteiger partial charge in [-0.25, -0.2) is 4.68 Å². The van der Waals surface area contributed by atoms with E-state index in [0.29, 0.717) is 11.4 Å². The molecule has 7 heteroatoms. The lowest BCUT2D eigenvalue weighted by Gasteiger charge is -2.08. The summed E-state index contributed by atoms with van der Waals surface area (Å²) in [7, 11) is 1.60. The summed E-state index contributed by atoms with van der Waals surface area (Å²) in [6.45, 7) is -0.134. The fourth-order valence-corrected chi connectivity index (χ4v) is 2.68. The number of aliphatic hydroxyl groups excluding tert-OH is 1. The van der Waals surface area contributed by atoms with E-state index in [9.17, 15) is 0 Å². The fourth-order valence-electron chi connectivity index (χ4n) is 1.34. The highest BCUT2D eigenvalue weighted by molar-refractivity contribution is 9.11. The molecule has 5 nitrogen and oxygen atoms in total. The molecule has 0 radical (unpaired) electrons. The molecule has 0 fully saturated rings. The smallest absolute Gasteiger partial charge is 0.135 e. The lowest BCUT2D eigenvalue weighted by molar-refractivity contribution is 0.276. The number of nitrogens with zero attached hydrogens (tertiary/aromatic N) is 3. The zero-order valence-corrected chi connectivity index (χ0v) is 12.1. The van der Waals surface area contributed by atoms with Gasteiger partial charge in [0.1, 0.15) is 11.4 Å². The summed E-state index contributed by atoms with van der Waals surface area (Å²) < 4.78 is 8.48. The van der Waals surface area contributed by atoms with Gasteiger partial charge in [0.05, 0.1) is 30.1 Å². The third kappa shape index (κ3) is 2.51. The number of methoxy groups -OCH3 is 1. The molecule has 0 amide bonds. The number of rotatable bonds is 3. The highest BCUT2D eigenvalue weighted by Crippen LogP contribution is 2.33. The standard InChI is InChI=1S/C10H9Br2N3O2/c1-17-10-3-9(7(11)2-8(10)12)15-4-6(5-16)13-14-15/h2-4,16H,5H2,1H3. The normalized spacial score (nSPS) is 10.6. The Morgan fingerprint density at radius 1 is 1.35 bits per heavy atom. The number of hydrogen-bond donors (Lipinski definition) is 1. The van der Waals surface area contributed by atoms with Crippen LogP contribution in [-0.4, -0.2) is 27.2 Å². The fraction of sp³-hybridized carbons (Fsp3) is 0.200. The molecule has 0 aliphatic heterocycles. The third-order valence-corrected chi connectivity index (χ3v) is 3.43. The molecule has 2 aromatic rings. The highest BCUT2D eigenvalue weighted by atomic mass is 79.9. The molecule has 0 aliphatic rings. The predicted octanol–water partition coefficient (Wildman–Crippen LogP) is 2.29. The molecule has 1 heterocycles. The van der Waals surface area contributed by atoms with Gasteiger partial charge in [-0.3, -0.25) is 0 Å². The number of ether oxygens (including phenoxy) is 1. The molecule has 0 unspecified atom stereocenters. The second-order valence-corrected chi connectivity index (χ2v) is 4.96. The molecule has 17 heavy (non-hydrogen) atoms. The van der Waals surface area contributed by atoms with Crippen LogP contribution < -0.4 is 4.74 Å². The molecule has 90 valence electrons. The Labute approximate surface area is 115 Å². The first-order valence-electron chi connectivity index (χ1n) is 4.71. The molecule has 0 atom stereocenters. The van der Waals surface area contributed by atoms with Gasteiger partial charge in [0.15, 0.2) is 0 Å². The van der Waals surface area contributed by atoms with Crippen molar-refractivity contribution in [3.8, 4) is 11.4 Å². The number of halogens is 2. The summed E-state index contributed by atoms with van der Waals surface area (Å²) in [4.78, 5) is 0. The summed E-state index contributed by atoms with van der Waals surface area (Å²) in [5.74, 6) is 0.698. The van der Waals surface area contributed by atoms with Crippen LogP contribution in [0.2, 0.25) is 0 Å².